The first-order valence-electron chi connectivity index (χ1n) is 8.39. The first-order valence-corrected chi connectivity index (χ1v) is 10.00. The summed E-state index contributed by atoms with van der Waals surface area (Å²) in [5.41, 5.74) is 2.54. The Morgan fingerprint density at radius 2 is 1.84 bits per heavy atom. The van der Waals surface area contributed by atoms with E-state index < -0.39 is 0 Å². The van der Waals surface area contributed by atoms with Gasteiger partial charge in [0.25, 0.3) is 0 Å². The summed E-state index contributed by atoms with van der Waals surface area (Å²) in [4.78, 5) is 17.4. The molecule has 25 heavy (non-hydrogen) atoms. The van der Waals surface area contributed by atoms with E-state index in [1.165, 1.54) is 11.1 Å². The van der Waals surface area contributed by atoms with Crippen molar-refractivity contribution in [2.24, 2.45) is 0 Å². The summed E-state index contributed by atoms with van der Waals surface area (Å²) in [7, 11) is 5.90. The van der Waals surface area contributed by atoms with Crippen LogP contribution < -0.4 is 5.32 Å². The maximum atomic E-state index is 12.4. The van der Waals surface area contributed by atoms with Gasteiger partial charge in [0.05, 0.1) is 16.4 Å². The molecule has 136 valence electrons. The molecular formula is C19H26BrN3OS. The van der Waals surface area contributed by atoms with Crippen LogP contribution in [0, 0.1) is 0 Å². The number of thiophene rings is 1. The average Bonchev–Trinajstić information content (AvgIpc) is 3.00. The number of hydrogen-bond acceptors (Lipinski definition) is 3. The third-order valence-electron chi connectivity index (χ3n) is 4.21. The van der Waals surface area contributed by atoms with Crippen LogP contribution in [0.15, 0.2) is 40.2 Å². The molecule has 0 aliphatic heterocycles. The van der Waals surface area contributed by atoms with Crippen LogP contribution in [0.25, 0.3) is 0 Å². The largest absolute Gasteiger partial charge is 0.336 e. The summed E-state index contributed by atoms with van der Waals surface area (Å²) in [6.07, 6.45) is 1.03. The van der Waals surface area contributed by atoms with Gasteiger partial charge in [-0.15, -0.1) is 11.3 Å². The minimum atomic E-state index is -0.0541. The Kier molecular flexibility index (Phi) is 7.47. The molecule has 0 radical (unpaired) electrons. The Bertz CT molecular complexity index is 684. The lowest BCUT2D eigenvalue weighted by Crippen LogP contribution is -2.41. The van der Waals surface area contributed by atoms with Gasteiger partial charge in [-0.1, -0.05) is 31.2 Å². The molecule has 6 heteroatoms. The number of nitrogens with one attached hydrogen (secondary N) is 1. The number of halogens is 1. The first-order chi connectivity index (χ1) is 11.9. The topological polar surface area (TPSA) is 35.6 Å². The van der Waals surface area contributed by atoms with E-state index in [1.54, 1.807) is 16.2 Å². The highest BCUT2D eigenvalue weighted by Gasteiger charge is 2.17. The fourth-order valence-corrected chi connectivity index (χ4v) is 4.17. The zero-order valence-corrected chi connectivity index (χ0v) is 17.7. The molecule has 0 bridgehead atoms. The minimum Gasteiger partial charge on any atom is -0.336 e. The molecule has 4 nitrogen and oxygen atoms in total. The standard InChI is InChI=1S/C19H26BrN3OS/c1-5-14-6-8-15(9-7-14)17(22(2)3)12-21-19(24)23(4)13-16-10-11-18(20)25-16/h6-11,17H,5,12-13H2,1-4H3,(H,21,24). The molecule has 1 N–H and O–H groups in total. The van der Waals surface area contributed by atoms with Gasteiger partial charge in [0.2, 0.25) is 0 Å². The van der Waals surface area contributed by atoms with Gasteiger partial charge >= 0.3 is 6.03 Å². The Morgan fingerprint density at radius 1 is 1.16 bits per heavy atom. The molecule has 0 saturated carbocycles. The van der Waals surface area contributed by atoms with E-state index in [0.29, 0.717) is 13.1 Å². The second kappa shape index (κ2) is 9.36. The number of benzene rings is 1. The van der Waals surface area contributed by atoms with Crippen LogP contribution in [0.5, 0.6) is 0 Å². The van der Waals surface area contributed by atoms with Gasteiger partial charge < -0.3 is 15.1 Å². The second-order valence-corrected chi connectivity index (χ2v) is 8.87. The maximum absolute atomic E-state index is 12.4. The van der Waals surface area contributed by atoms with Crippen molar-refractivity contribution in [1.82, 2.24) is 15.1 Å². The summed E-state index contributed by atoms with van der Waals surface area (Å²) >= 11 is 5.10. The fourth-order valence-electron chi connectivity index (χ4n) is 2.64. The predicted molar refractivity (Wildman–Crippen MR) is 109 cm³/mol. The molecular weight excluding hydrogens is 398 g/mol. The molecule has 1 aromatic heterocycles. The zero-order chi connectivity index (χ0) is 18.4. The van der Waals surface area contributed by atoms with Gasteiger partial charge in [0.1, 0.15) is 0 Å². The number of rotatable bonds is 7. The van der Waals surface area contributed by atoms with Crippen molar-refractivity contribution in [3.8, 4) is 0 Å². The highest BCUT2D eigenvalue weighted by atomic mass is 79.9. The van der Waals surface area contributed by atoms with Crippen LogP contribution in [-0.4, -0.2) is 43.5 Å². The summed E-state index contributed by atoms with van der Waals surface area (Å²) < 4.78 is 1.08. The van der Waals surface area contributed by atoms with E-state index in [0.717, 1.165) is 15.1 Å². The monoisotopic (exact) mass is 423 g/mol. The second-order valence-electron chi connectivity index (χ2n) is 6.32. The molecule has 2 amide bonds. The minimum absolute atomic E-state index is 0.0541. The fraction of sp³-hybridized carbons (Fsp3) is 0.421. The number of hydrogen-bond donors (Lipinski definition) is 1. The van der Waals surface area contributed by atoms with Crippen molar-refractivity contribution in [3.63, 3.8) is 0 Å². The predicted octanol–water partition coefficient (Wildman–Crippen LogP) is 4.52. The van der Waals surface area contributed by atoms with Crippen molar-refractivity contribution in [2.45, 2.75) is 25.9 Å². The maximum Gasteiger partial charge on any atom is 0.317 e. The molecule has 1 unspecified atom stereocenters. The van der Waals surface area contributed by atoms with E-state index in [1.807, 2.05) is 33.3 Å². The third kappa shape index (κ3) is 5.83. The molecule has 1 heterocycles. The number of aryl methyl sites for hydroxylation is 1. The van der Waals surface area contributed by atoms with Crippen LogP contribution >= 0.6 is 27.3 Å². The molecule has 2 rings (SSSR count). The van der Waals surface area contributed by atoms with Crippen LogP contribution in [0.1, 0.15) is 29.0 Å². The van der Waals surface area contributed by atoms with Crippen LogP contribution in [0.4, 0.5) is 4.79 Å². The Morgan fingerprint density at radius 3 is 2.36 bits per heavy atom. The first kappa shape index (κ1) is 19.9. The van der Waals surface area contributed by atoms with Gasteiger partial charge in [0.15, 0.2) is 0 Å². The average molecular weight is 424 g/mol. The third-order valence-corrected chi connectivity index (χ3v) is 5.82. The van der Waals surface area contributed by atoms with Gasteiger partial charge in [-0.3, -0.25) is 0 Å². The van der Waals surface area contributed by atoms with E-state index in [-0.39, 0.29) is 12.1 Å². The van der Waals surface area contributed by atoms with E-state index in [9.17, 15) is 4.79 Å². The highest BCUT2D eigenvalue weighted by molar-refractivity contribution is 9.11. The summed E-state index contributed by atoms with van der Waals surface area (Å²) in [5, 5.41) is 3.06. The lowest BCUT2D eigenvalue weighted by molar-refractivity contribution is 0.201. The van der Waals surface area contributed by atoms with Crippen molar-refractivity contribution >= 4 is 33.3 Å². The number of carbonyl (C=O) groups is 1. The zero-order valence-electron chi connectivity index (χ0n) is 15.3. The van der Waals surface area contributed by atoms with Gasteiger partial charge in [-0.25, -0.2) is 4.79 Å². The van der Waals surface area contributed by atoms with Crippen LogP contribution in [0.2, 0.25) is 0 Å². The van der Waals surface area contributed by atoms with Crippen LogP contribution in [-0.2, 0) is 13.0 Å². The van der Waals surface area contributed by atoms with E-state index in [4.69, 9.17) is 0 Å². The SMILES string of the molecule is CCc1ccc(C(CNC(=O)N(C)Cc2ccc(Br)s2)N(C)C)cc1. The number of nitrogens with zero attached hydrogens (tertiary/aromatic N) is 2. The van der Waals surface area contributed by atoms with Gasteiger partial charge in [0, 0.05) is 18.5 Å². The Balaban J connectivity index is 1.94. The summed E-state index contributed by atoms with van der Waals surface area (Å²) in [6, 6.07) is 12.8. The smallest absolute Gasteiger partial charge is 0.317 e. The molecule has 0 aliphatic rings. The molecule has 0 fully saturated rings. The van der Waals surface area contributed by atoms with Crippen molar-refractivity contribution in [1.29, 1.82) is 0 Å². The quantitative estimate of drug-likeness (QED) is 0.710. The number of amides is 2. The lowest BCUT2D eigenvalue weighted by atomic mass is 10.0. The van der Waals surface area contributed by atoms with E-state index >= 15 is 0 Å². The van der Waals surface area contributed by atoms with E-state index in [2.05, 4.69) is 57.3 Å². The molecule has 0 spiro atoms. The van der Waals surface area contributed by atoms with Crippen LogP contribution in [0.3, 0.4) is 0 Å². The molecule has 1 atom stereocenters. The summed E-state index contributed by atoms with van der Waals surface area (Å²) in [5.74, 6) is 0. The Hall–Kier alpha value is -1.37. The lowest BCUT2D eigenvalue weighted by Gasteiger charge is -2.26. The van der Waals surface area contributed by atoms with Crippen molar-refractivity contribution in [2.75, 3.05) is 27.7 Å². The normalized spacial score (nSPS) is 12.2. The molecule has 0 aliphatic carbocycles. The molecule has 0 saturated heterocycles. The van der Waals surface area contributed by atoms with Crippen molar-refractivity contribution < 1.29 is 4.79 Å². The van der Waals surface area contributed by atoms with Crippen molar-refractivity contribution in [3.05, 3.63) is 56.2 Å². The van der Waals surface area contributed by atoms with Gasteiger partial charge in [-0.05, 0) is 59.7 Å². The van der Waals surface area contributed by atoms with Gasteiger partial charge in [-0.2, -0.15) is 0 Å². The highest BCUT2D eigenvalue weighted by Crippen LogP contribution is 2.23. The number of likely N-dealkylation sites (N-methyl/N-ethyl adjacent to an activating group) is 1. The molecule has 2 aromatic rings. The number of carbonyl (C=O) groups excluding carboxylic acids is 1. The summed E-state index contributed by atoms with van der Waals surface area (Å²) in [6.45, 7) is 3.34. The number of urea groups is 1. The molecule has 1 aromatic carbocycles. The Labute approximate surface area is 163 Å².